The first-order chi connectivity index (χ1) is 21.6. The lowest BCUT2D eigenvalue weighted by atomic mass is 9.65. The third kappa shape index (κ3) is 4.74. The molecule has 0 amide bonds. The molecule has 0 heterocycles. The van der Waals surface area contributed by atoms with E-state index >= 15 is 43.9 Å². The van der Waals surface area contributed by atoms with Crippen LogP contribution in [0.3, 0.4) is 0 Å². The molecule has 0 fully saturated rings. The van der Waals surface area contributed by atoms with Crippen molar-refractivity contribution in [3.8, 4) is 23.0 Å². The molecule has 0 saturated carbocycles. The number of halogens is 10. The number of methoxy groups -OCH3 is 4. The van der Waals surface area contributed by atoms with E-state index in [1.807, 2.05) is 0 Å². The maximum absolute atomic E-state index is 15.9. The van der Waals surface area contributed by atoms with Gasteiger partial charge in [0.25, 0.3) is 0 Å². The molecule has 0 aliphatic rings. The fourth-order valence-electron chi connectivity index (χ4n) is 5.07. The van der Waals surface area contributed by atoms with Crippen molar-refractivity contribution in [3.63, 3.8) is 0 Å². The van der Waals surface area contributed by atoms with Crippen molar-refractivity contribution in [2.24, 2.45) is 0 Å². The summed E-state index contributed by atoms with van der Waals surface area (Å²) < 4.78 is 174. The number of hydrogen-bond donors (Lipinski definition) is 2. The lowest BCUT2D eigenvalue weighted by molar-refractivity contribution is -0.124. The molecule has 46 heavy (non-hydrogen) atoms. The van der Waals surface area contributed by atoms with Crippen LogP contribution < -0.4 is 18.9 Å². The highest BCUT2D eigenvalue weighted by atomic mass is 19.2. The number of hydrogen-bond acceptors (Lipinski definition) is 6. The molecular formula is C30H20F10O6. The molecule has 4 rings (SSSR count). The van der Waals surface area contributed by atoms with Gasteiger partial charge in [-0.15, -0.1) is 0 Å². The Labute approximate surface area is 252 Å². The summed E-state index contributed by atoms with van der Waals surface area (Å²) in [6.45, 7) is 0. The van der Waals surface area contributed by atoms with Gasteiger partial charge >= 0.3 is 0 Å². The van der Waals surface area contributed by atoms with E-state index in [9.17, 15) is 10.2 Å². The van der Waals surface area contributed by atoms with E-state index in [1.54, 1.807) is 0 Å². The molecule has 0 aliphatic heterocycles. The minimum atomic E-state index is -4.67. The molecule has 2 N–H and O–H groups in total. The third-order valence-electron chi connectivity index (χ3n) is 7.23. The van der Waals surface area contributed by atoms with E-state index in [0.717, 1.165) is 26.4 Å². The molecule has 0 aliphatic carbocycles. The van der Waals surface area contributed by atoms with Gasteiger partial charge in [-0.3, -0.25) is 0 Å². The molecule has 246 valence electrons. The molecule has 4 aromatic rings. The van der Waals surface area contributed by atoms with Gasteiger partial charge in [0.05, 0.1) is 39.6 Å². The lowest BCUT2D eigenvalue weighted by Crippen LogP contribution is -2.54. The Balaban J connectivity index is 2.41. The van der Waals surface area contributed by atoms with Gasteiger partial charge in [-0.1, -0.05) is 0 Å². The van der Waals surface area contributed by atoms with E-state index < -0.39 is 115 Å². The lowest BCUT2D eigenvalue weighted by Gasteiger charge is -2.45. The maximum Gasteiger partial charge on any atom is 0.204 e. The molecule has 0 radical (unpaired) electrons. The summed E-state index contributed by atoms with van der Waals surface area (Å²) in [5, 5.41) is 24.6. The molecule has 2 unspecified atom stereocenters. The first kappa shape index (κ1) is 34.2. The van der Waals surface area contributed by atoms with Gasteiger partial charge in [0.2, 0.25) is 23.3 Å². The van der Waals surface area contributed by atoms with Crippen LogP contribution in [0.4, 0.5) is 43.9 Å². The number of ether oxygens (including phenoxy) is 4. The van der Waals surface area contributed by atoms with E-state index in [4.69, 9.17) is 9.47 Å². The first-order valence-corrected chi connectivity index (χ1v) is 12.5. The van der Waals surface area contributed by atoms with Crippen molar-refractivity contribution in [1.82, 2.24) is 0 Å². The number of benzene rings is 4. The standard InChI is InChI=1S/C30H20F10O6/c1-43-11-5-7-13(15(31)9-11)29(41,17-19(33)23(37)27(45-3)24(38)20(17)34)30(42,14-8-6-12(44-2)10-16(14)32)18-21(35)25(39)28(46-4)26(40)22(18)36/h5-10,41-42H,1-4H3. The van der Waals surface area contributed by atoms with E-state index in [0.29, 0.717) is 38.5 Å². The van der Waals surface area contributed by atoms with Gasteiger partial charge in [-0.25, -0.2) is 26.3 Å². The number of rotatable bonds is 9. The second-order valence-electron chi connectivity index (χ2n) is 9.44. The zero-order chi connectivity index (χ0) is 34.5. The Kier molecular flexibility index (Phi) is 9.10. The molecule has 16 heteroatoms. The Morgan fingerprint density at radius 1 is 0.435 bits per heavy atom. The molecule has 0 aromatic heterocycles. The second kappa shape index (κ2) is 12.2. The van der Waals surface area contributed by atoms with Crippen molar-refractivity contribution in [2.45, 2.75) is 11.2 Å². The minimum absolute atomic E-state index is 0.367. The Hall–Kier alpha value is -4.70. The Morgan fingerprint density at radius 2 is 0.717 bits per heavy atom. The van der Waals surface area contributed by atoms with E-state index in [-0.39, 0.29) is 0 Å². The van der Waals surface area contributed by atoms with Gasteiger partial charge < -0.3 is 29.2 Å². The summed E-state index contributed by atoms with van der Waals surface area (Å²) in [6.07, 6.45) is 0. The van der Waals surface area contributed by atoms with Crippen molar-refractivity contribution in [2.75, 3.05) is 28.4 Å². The summed E-state index contributed by atoms with van der Waals surface area (Å²) in [5.41, 5.74) is -17.6. The average molecular weight is 666 g/mol. The predicted octanol–water partition coefficient (Wildman–Crippen LogP) is 6.28. The van der Waals surface area contributed by atoms with Gasteiger partial charge in [0, 0.05) is 23.3 Å². The maximum atomic E-state index is 15.9. The van der Waals surface area contributed by atoms with Crippen LogP contribution in [-0.2, 0) is 11.2 Å². The smallest absolute Gasteiger partial charge is 0.204 e. The van der Waals surface area contributed by atoms with Crippen molar-refractivity contribution in [1.29, 1.82) is 0 Å². The number of aliphatic hydroxyl groups is 2. The van der Waals surface area contributed by atoms with Gasteiger partial charge in [-0.05, 0) is 24.3 Å². The normalized spacial score (nSPS) is 14.0. The molecule has 6 nitrogen and oxygen atoms in total. The Morgan fingerprint density at radius 3 is 0.935 bits per heavy atom. The van der Waals surface area contributed by atoms with E-state index in [2.05, 4.69) is 9.47 Å². The molecule has 0 spiro atoms. The topological polar surface area (TPSA) is 77.4 Å². The zero-order valence-corrected chi connectivity index (χ0v) is 23.8. The SMILES string of the molecule is COc1ccc(C(O)(c2c(F)c(F)c(OC)c(F)c2F)C(O)(c2ccc(OC)cc2F)c2c(F)c(F)c(OC)c(F)c2F)c(F)c1. The minimum Gasteiger partial charge on any atom is -0.497 e. The highest BCUT2D eigenvalue weighted by Crippen LogP contribution is 2.55. The van der Waals surface area contributed by atoms with Crippen LogP contribution in [0, 0.1) is 58.2 Å². The third-order valence-corrected chi connectivity index (χ3v) is 7.23. The van der Waals surface area contributed by atoms with E-state index in [1.165, 1.54) is 0 Å². The highest BCUT2D eigenvalue weighted by molar-refractivity contribution is 5.56. The molecule has 0 saturated heterocycles. The zero-order valence-electron chi connectivity index (χ0n) is 23.8. The van der Waals surface area contributed by atoms with Gasteiger partial charge in [-0.2, -0.15) is 17.6 Å². The average Bonchev–Trinajstić information content (AvgIpc) is 3.03. The summed E-state index contributed by atoms with van der Waals surface area (Å²) in [4.78, 5) is 0. The molecule has 4 aromatic carbocycles. The monoisotopic (exact) mass is 666 g/mol. The second-order valence-corrected chi connectivity index (χ2v) is 9.44. The fourth-order valence-corrected chi connectivity index (χ4v) is 5.07. The van der Waals surface area contributed by atoms with Gasteiger partial charge in [0.15, 0.2) is 46.0 Å². The van der Waals surface area contributed by atoms with Gasteiger partial charge in [0.1, 0.15) is 23.1 Å². The van der Waals surface area contributed by atoms with Crippen molar-refractivity contribution in [3.05, 3.63) is 117 Å². The summed E-state index contributed by atoms with van der Waals surface area (Å²) in [7, 11) is 3.13. The molecule has 0 bridgehead atoms. The van der Waals surface area contributed by atoms with Crippen LogP contribution >= 0.6 is 0 Å². The quantitative estimate of drug-likeness (QED) is 0.162. The van der Waals surface area contributed by atoms with Crippen LogP contribution in [0.2, 0.25) is 0 Å². The highest BCUT2D eigenvalue weighted by Gasteiger charge is 2.62. The van der Waals surface area contributed by atoms with Crippen LogP contribution in [0.1, 0.15) is 22.3 Å². The molecule has 2 atom stereocenters. The summed E-state index contributed by atoms with van der Waals surface area (Å²) >= 11 is 0. The fraction of sp³-hybridized carbons (Fsp3) is 0.200. The van der Waals surface area contributed by atoms with Crippen molar-refractivity contribution >= 4 is 0 Å². The summed E-state index contributed by atoms with van der Waals surface area (Å²) in [6, 6.07) is 2.96. The first-order valence-electron chi connectivity index (χ1n) is 12.5. The largest absolute Gasteiger partial charge is 0.497 e. The van der Waals surface area contributed by atoms with Crippen LogP contribution in [-0.4, -0.2) is 38.7 Å². The van der Waals surface area contributed by atoms with Crippen LogP contribution in [0.25, 0.3) is 0 Å². The van der Waals surface area contributed by atoms with Crippen molar-refractivity contribution < 1.29 is 73.1 Å². The molecular weight excluding hydrogens is 646 g/mol. The Bertz CT molecular complexity index is 1660. The predicted molar refractivity (Wildman–Crippen MR) is 138 cm³/mol. The summed E-state index contributed by atoms with van der Waals surface area (Å²) in [5.74, 6) is -28.4. The van der Waals surface area contributed by atoms with Crippen LogP contribution in [0.15, 0.2) is 36.4 Å². The van der Waals surface area contributed by atoms with Crippen LogP contribution in [0.5, 0.6) is 23.0 Å².